The molecule has 90 valence electrons. The summed E-state index contributed by atoms with van der Waals surface area (Å²) in [5.74, 6) is 0.720. The molecule has 1 N–H and O–H groups in total. The molecule has 1 aromatic rings. The number of alkyl halides is 3. The van der Waals surface area contributed by atoms with Crippen molar-refractivity contribution in [3.05, 3.63) is 11.9 Å². The lowest BCUT2D eigenvalue weighted by molar-refractivity contribution is -0.140. The molecule has 1 atom stereocenters. The van der Waals surface area contributed by atoms with Crippen molar-refractivity contribution in [2.24, 2.45) is 5.92 Å². The van der Waals surface area contributed by atoms with Crippen LogP contribution in [0.25, 0.3) is 0 Å². The summed E-state index contributed by atoms with van der Waals surface area (Å²) in [5.41, 5.74) is -0.820. The number of aromatic nitrogens is 2. The highest BCUT2D eigenvalue weighted by Gasteiger charge is 2.36. The third-order valence-electron chi connectivity index (χ3n) is 2.87. The summed E-state index contributed by atoms with van der Waals surface area (Å²) >= 11 is 0. The fourth-order valence-corrected chi connectivity index (χ4v) is 1.85. The number of nitrogens with zero attached hydrogens (tertiary/aromatic N) is 2. The van der Waals surface area contributed by atoms with Gasteiger partial charge in [0.15, 0.2) is 5.69 Å². The van der Waals surface area contributed by atoms with Gasteiger partial charge >= 0.3 is 6.18 Å². The molecule has 2 heterocycles. The third kappa shape index (κ3) is 2.01. The summed E-state index contributed by atoms with van der Waals surface area (Å²) in [4.78, 5) is 3.58. The van der Waals surface area contributed by atoms with Gasteiger partial charge in [0.2, 0.25) is 5.95 Å². The fourth-order valence-electron chi connectivity index (χ4n) is 1.85. The van der Waals surface area contributed by atoms with Crippen molar-refractivity contribution in [1.29, 1.82) is 0 Å². The molecule has 1 aromatic heterocycles. The van der Waals surface area contributed by atoms with Crippen molar-refractivity contribution in [3.8, 4) is 0 Å². The lowest BCUT2D eigenvalue weighted by Gasteiger charge is -2.28. The summed E-state index contributed by atoms with van der Waals surface area (Å²) in [6, 6.07) is 0.205. The zero-order chi connectivity index (χ0) is 11.9. The number of aryl methyl sites for hydroxylation is 1. The van der Waals surface area contributed by atoms with Crippen molar-refractivity contribution < 1.29 is 13.2 Å². The first-order valence-electron chi connectivity index (χ1n) is 5.29. The topological polar surface area (TPSA) is 29.9 Å². The number of fused-ring (bicyclic) bond motifs is 1. The van der Waals surface area contributed by atoms with E-state index in [2.05, 4.69) is 10.3 Å². The molecule has 0 fully saturated rings. The minimum absolute atomic E-state index is 0.205. The van der Waals surface area contributed by atoms with E-state index in [1.54, 1.807) is 0 Å². The summed E-state index contributed by atoms with van der Waals surface area (Å²) in [5, 5.41) is 3.04. The molecule has 1 aliphatic rings. The van der Waals surface area contributed by atoms with E-state index in [4.69, 9.17) is 0 Å². The number of halogens is 3. The summed E-state index contributed by atoms with van der Waals surface area (Å²) in [6.45, 7) is 4.68. The molecule has 6 heteroatoms. The summed E-state index contributed by atoms with van der Waals surface area (Å²) < 4.78 is 38.8. The first-order chi connectivity index (χ1) is 7.38. The predicted octanol–water partition coefficient (Wildman–Crippen LogP) is 2.74. The molecule has 0 saturated carbocycles. The second-order valence-corrected chi connectivity index (χ2v) is 4.42. The highest BCUT2D eigenvalue weighted by Crippen LogP contribution is 2.31. The number of anilines is 1. The van der Waals surface area contributed by atoms with Crippen LogP contribution >= 0.6 is 0 Å². The maximum absolute atomic E-state index is 12.4. The Labute approximate surface area is 91.7 Å². The highest BCUT2D eigenvalue weighted by molar-refractivity contribution is 5.33. The van der Waals surface area contributed by atoms with Gasteiger partial charge in [0, 0.05) is 18.8 Å². The SMILES string of the molecule is CC(C)C1CCn2cc(C(F)(F)F)nc2N1. The van der Waals surface area contributed by atoms with Crippen molar-refractivity contribution >= 4 is 5.95 Å². The quantitative estimate of drug-likeness (QED) is 0.808. The van der Waals surface area contributed by atoms with Gasteiger partial charge in [-0.15, -0.1) is 0 Å². The van der Waals surface area contributed by atoms with Gasteiger partial charge in [-0.25, -0.2) is 4.98 Å². The van der Waals surface area contributed by atoms with E-state index >= 15 is 0 Å². The minimum atomic E-state index is -4.36. The molecule has 0 radical (unpaired) electrons. The van der Waals surface area contributed by atoms with Gasteiger partial charge in [0.05, 0.1) is 0 Å². The summed E-state index contributed by atoms with van der Waals surface area (Å²) in [7, 11) is 0. The fraction of sp³-hybridized carbons (Fsp3) is 0.700. The van der Waals surface area contributed by atoms with Crippen molar-refractivity contribution in [1.82, 2.24) is 9.55 Å². The average Bonchev–Trinajstić information content (AvgIpc) is 2.58. The maximum Gasteiger partial charge on any atom is 0.434 e. The monoisotopic (exact) mass is 233 g/mol. The number of hydrogen-bond donors (Lipinski definition) is 1. The third-order valence-corrected chi connectivity index (χ3v) is 2.87. The molecule has 1 aliphatic heterocycles. The van der Waals surface area contributed by atoms with E-state index in [-0.39, 0.29) is 6.04 Å². The second-order valence-electron chi connectivity index (χ2n) is 4.42. The lowest BCUT2D eigenvalue weighted by atomic mass is 10.0. The molecule has 0 saturated heterocycles. The number of rotatable bonds is 1. The van der Waals surface area contributed by atoms with E-state index in [9.17, 15) is 13.2 Å². The molecular weight excluding hydrogens is 219 g/mol. The molecule has 0 aromatic carbocycles. The Kier molecular flexibility index (Phi) is 2.59. The standard InChI is InChI=1S/C10H14F3N3/c1-6(2)7-3-4-16-5-8(10(11,12)13)15-9(16)14-7/h5-7H,3-4H2,1-2H3,(H,14,15). The Morgan fingerprint density at radius 3 is 2.75 bits per heavy atom. The Morgan fingerprint density at radius 1 is 1.50 bits per heavy atom. The predicted molar refractivity (Wildman–Crippen MR) is 54.1 cm³/mol. The Balaban J connectivity index is 2.23. The average molecular weight is 233 g/mol. The molecule has 16 heavy (non-hydrogen) atoms. The first-order valence-corrected chi connectivity index (χ1v) is 5.29. The molecule has 0 bridgehead atoms. The van der Waals surface area contributed by atoms with Crippen LogP contribution < -0.4 is 5.32 Å². The zero-order valence-corrected chi connectivity index (χ0v) is 9.17. The minimum Gasteiger partial charge on any atom is -0.353 e. The van der Waals surface area contributed by atoms with Crippen LogP contribution in [-0.2, 0) is 12.7 Å². The Morgan fingerprint density at radius 2 is 2.19 bits per heavy atom. The van der Waals surface area contributed by atoms with Crippen LogP contribution in [0.3, 0.4) is 0 Å². The van der Waals surface area contributed by atoms with E-state index in [0.717, 1.165) is 12.6 Å². The summed E-state index contributed by atoms with van der Waals surface area (Å²) in [6.07, 6.45) is -2.46. The number of imidazole rings is 1. The van der Waals surface area contributed by atoms with E-state index < -0.39 is 11.9 Å². The highest BCUT2D eigenvalue weighted by atomic mass is 19.4. The molecule has 3 nitrogen and oxygen atoms in total. The van der Waals surface area contributed by atoms with Crippen LogP contribution in [0.4, 0.5) is 19.1 Å². The normalized spacial score (nSPS) is 20.8. The van der Waals surface area contributed by atoms with Crippen molar-refractivity contribution in [2.75, 3.05) is 5.32 Å². The van der Waals surface area contributed by atoms with Crippen LogP contribution in [-0.4, -0.2) is 15.6 Å². The lowest BCUT2D eigenvalue weighted by Crippen LogP contribution is -2.32. The van der Waals surface area contributed by atoms with Gasteiger partial charge in [-0.2, -0.15) is 13.2 Å². The van der Waals surface area contributed by atoms with Crippen molar-refractivity contribution in [3.63, 3.8) is 0 Å². The van der Waals surface area contributed by atoms with Gasteiger partial charge < -0.3 is 9.88 Å². The number of nitrogens with one attached hydrogen (secondary N) is 1. The zero-order valence-electron chi connectivity index (χ0n) is 9.17. The molecule has 1 unspecified atom stereocenters. The van der Waals surface area contributed by atoms with E-state index in [1.807, 2.05) is 13.8 Å². The first kappa shape index (κ1) is 11.3. The smallest absolute Gasteiger partial charge is 0.353 e. The molecule has 2 rings (SSSR count). The largest absolute Gasteiger partial charge is 0.434 e. The van der Waals surface area contributed by atoms with Gasteiger partial charge in [-0.1, -0.05) is 13.8 Å². The molecular formula is C10H14F3N3. The molecule has 0 aliphatic carbocycles. The van der Waals surface area contributed by atoms with Crippen LogP contribution in [0.1, 0.15) is 26.0 Å². The van der Waals surface area contributed by atoms with Gasteiger partial charge in [0.1, 0.15) is 0 Å². The van der Waals surface area contributed by atoms with Crippen LogP contribution in [0.15, 0.2) is 6.20 Å². The van der Waals surface area contributed by atoms with E-state index in [1.165, 1.54) is 4.57 Å². The van der Waals surface area contributed by atoms with Gasteiger partial charge in [-0.05, 0) is 12.3 Å². The van der Waals surface area contributed by atoms with Crippen LogP contribution in [0.5, 0.6) is 0 Å². The van der Waals surface area contributed by atoms with Crippen molar-refractivity contribution in [2.45, 2.75) is 39.0 Å². The number of hydrogen-bond acceptors (Lipinski definition) is 2. The maximum atomic E-state index is 12.4. The van der Waals surface area contributed by atoms with E-state index in [0.29, 0.717) is 18.4 Å². The van der Waals surface area contributed by atoms with Crippen LogP contribution in [0.2, 0.25) is 0 Å². The Hall–Kier alpha value is -1.20. The second kappa shape index (κ2) is 3.68. The van der Waals surface area contributed by atoms with Gasteiger partial charge in [0.25, 0.3) is 0 Å². The van der Waals surface area contributed by atoms with Gasteiger partial charge in [-0.3, -0.25) is 0 Å². The molecule has 0 spiro atoms. The van der Waals surface area contributed by atoms with Crippen LogP contribution in [0, 0.1) is 5.92 Å². The Bertz CT molecular complexity index is 381. The molecule has 0 amide bonds.